The maximum absolute atomic E-state index is 9.10. The molecular formula is C11H13NO2. The van der Waals surface area contributed by atoms with E-state index in [1.165, 1.54) is 0 Å². The average Bonchev–Trinajstić information content (AvgIpc) is 2.58. The van der Waals surface area contributed by atoms with E-state index in [4.69, 9.17) is 9.84 Å². The largest absolute Gasteiger partial charge is 0.496 e. The molecule has 0 radical (unpaired) electrons. The van der Waals surface area contributed by atoms with E-state index in [9.17, 15) is 0 Å². The molecule has 3 heteroatoms. The van der Waals surface area contributed by atoms with Crippen LogP contribution >= 0.6 is 0 Å². The first-order valence-corrected chi connectivity index (χ1v) is 4.51. The summed E-state index contributed by atoms with van der Waals surface area (Å²) in [7, 11) is 1.65. The van der Waals surface area contributed by atoms with Gasteiger partial charge in [0.05, 0.1) is 13.7 Å². The minimum Gasteiger partial charge on any atom is -0.496 e. The van der Waals surface area contributed by atoms with Gasteiger partial charge in [0, 0.05) is 22.7 Å². The molecule has 14 heavy (non-hydrogen) atoms. The molecule has 3 nitrogen and oxygen atoms in total. The van der Waals surface area contributed by atoms with E-state index in [1.807, 2.05) is 25.3 Å². The van der Waals surface area contributed by atoms with Crippen LogP contribution in [0.25, 0.3) is 10.9 Å². The number of hydrogen-bond donors (Lipinski definition) is 2. The van der Waals surface area contributed by atoms with Gasteiger partial charge in [0.2, 0.25) is 0 Å². The van der Waals surface area contributed by atoms with Crippen LogP contribution in [0.4, 0.5) is 0 Å². The van der Waals surface area contributed by atoms with Crippen molar-refractivity contribution >= 4 is 10.9 Å². The van der Waals surface area contributed by atoms with Crippen molar-refractivity contribution < 1.29 is 9.84 Å². The fraction of sp³-hybridized carbons (Fsp3) is 0.273. The van der Waals surface area contributed by atoms with Gasteiger partial charge in [0.25, 0.3) is 0 Å². The van der Waals surface area contributed by atoms with E-state index >= 15 is 0 Å². The molecule has 2 rings (SSSR count). The van der Waals surface area contributed by atoms with Crippen molar-refractivity contribution in [3.05, 3.63) is 29.5 Å². The third-order valence-electron chi connectivity index (χ3n) is 2.45. The van der Waals surface area contributed by atoms with E-state index < -0.39 is 0 Å². The number of benzene rings is 1. The van der Waals surface area contributed by atoms with Gasteiger partial charge >= 0.3 is 0 Å². The Morgan fingerprint density at radius 1 is 1.43 bits per heavy atom. The Kier molecular flexibility index (Phi) is 2.17. The molecule has 0 amide bonds. The van der Waals surface area contributed by atoms with Gasteiger partial charge in [-0.2, -0.15) is 0 Å². The Morgan fingerprint density at radius 3 is 2.86 bits per heavy atom. The van der Waals surface area contributed by atoms with E-state index in [-0.39, 0.29) is 6.61 Å². The van der Waals surface area contributed by atoms with E-state index in [2.05, 4.69) is 4.98 Å². The van der Waals surface area contributed by atoms with Crippen LogP contribution in [-0.2, 0) is 6.61 Å². The van der Waals surface area contributed by atoms with Crippen LogP contribution in [0.5, 0.6) is 5.75 Å². The molecule has 0 bridgehead atoms. The van der Waals surface area contributed by atoms with Gasteiger partial charge in [0.15, 0.2) is 0 Å². The maximum atomic E-state index is 9.10. The van der Waals surface area contributed by atoms with Crippen LogP contribution in [-0.4, -0.2) is 17.2 Å². The van der Waals surface area contributed by atoms with Crippen molar-refractivity contribution in [3.8, 4) is 5.75 Å². The second-order valence-corrected chi connectivity index (χ2v) is 3.34. The fourth-order valence-corrected chi connectivity index (χ4v) is 1.67. The highest BCUT2D eigenvalue weighted by molar-refractivity contribution is 5.85. The van der Waals surface area contributed by atoms with Gasteiger partial charge < -0.3 is 14.8 Å². The Balaban J connectivity index is 2.70. The summed E-state index contributed by atoms with van der Waals surface area (Å²) in [5, 5.41) is 10.1. The van der Waals surface area contributed by atoms with E-state index in [0.29, 0.717) is 0 Å². The molecule has 0 aliphatic rings. The van der Waals surface area contributed by atoms with Crippen molar-refractivity contribution in [1.82, 2.24) is 4.98 Å². The minimum atomic E-state index is 0.0478. The molecule has 0 fully saturated rings. The fourth-order valence-electron chi connectivity index (χ4n) is 1.67. The molecule has 0 unspecified atom stereocenters. The predicted molar refractivity (Wildman–Crippen MR) is 55.5 cm³/mol. The SMILES string of the molecule is COc1cc2c(CO)c[nH]c2cc1C. The van der Waals surface area contributed by atoms with Crippen LogP contribution in [0, 0.1) is 6.92 Å². The zero-order valence-electron chi connectivity index (χ0n) is 8.29. The monoisotopic (exact) mass is 191 g/mol. The Labute approximate surface area is 82.3 Å². The van der Waals surface area contributed by atoms with Gasteiger partial charge in [-0.1, -0.05) is 0 Å². The van der Waals surface area contributed by atoms with Crippen molar-refractivity contribution in [1.29, 1.82) is 0 Å². The first-order chi connectivity index (χ1) is 6.76. The lowest BCUT2D eigenvalue weighted by Crippen LogP contribution is -1.87. The summed E-state index contributed by atoms with van der Waals surface area (Å²) in [4.78, 5) is 3.12. The summed E-state index contributed by atoms with van der Waals surface area (Å²) in [6, 6.07) is 3.97. The summed E-state index contributed by atoms with van der Waals surface area (Å²) in [5.41, 5.74) is 3.02. The van der Waals surface area contributed by atoms with Gasteiger partial charge in [-0.15, -0.1) is 0 Å². The number of aliphatic hydroxyl groups is 1. The van der Waals surface area contributed by atoms with E-state index in [0.717, 1.165) is 27.8 Å². The second kappa shape index (κ2) is 3.35. The lowest BCUT2D eigenvalue weighted by Gasteiger charge is -2.04. The number of fused-ring (bicyclic) bond motifs is 1. The summed E-state index contributed by atoms with van der Waals surface area (Å²) >= 11 is 0. The number of ether oxygens (including phenoxy) is 1. The highest BCUT2D eigenvalue weighted by atomic mass is 16.5. The number of rotatable bonds is 2. The highest BCUT2D eigenvalue weighted by Gasteiger charge is 2.06. The number of hydrogen-bond acceptors (Lipinski definition) is 2. The molecule has 1 aromatic heterocycles. The van der Waals surface area contributed by atoms with Crippen molar-refractivity contribution in [2.24, 2.45) is 0 Å². The lowest BCUT2D eigenvalue weighted by atomic mass is 10.1. The summed E-state index contributed by atoms with van der Waals surface area (Å²) in [6.45, 7) is 2.05. The number of aryl methyl sites for hydroxylation is 1. The third-order valence-corrected chi connectivity index (χ3v) is 2.45. The molecule has 2 N–H and O–H groups in total. The number of aliphatic hydroxyl groups excluding tert-OH is 1. The van der Waals surface area contributed by atoms with Crippen LogP contribution < -0.4 is 4.74 Å². The molecule has 0 aliphatic heterocycles. The zero-order chi connectivity index (χ0) is 10.1. The predicted octanol–water partition coefficient (Wildman–Crippen LogP) is 1.98. The lowest BCUT2D eigenvalue weighted by molar-refractivity contribution is 0.283. The smallest absolute Gasteiger partial charge is 0.122 e. The molecule has 0 atom stereocenters. The third kappa shape index (κ3) is 1.26. The molecule has 2 aromatic rings. The molecule has 1 aromatic carbocycles. The molecule has 0 saturated heterocycles. The molecular weight excluding hydrogens is 178 g/mol. The minimum absolute atomic E-state index is 0.0478. The van der Waals surface area contributed by atoms with Crippen LogP contribution in [0.1, 0.15) is 11.1 Å². The maximum Gasteiger partial charge on any atom is 0.122 e. The standard InChI is InChI=1S/C11H13NO2/c1-7-3-10-9(4-11(7)14-2)8(6-13)5-12-10/h3-5,12-13H,6H2,1-2H3. The van der Waals surface area contributed by atoms with Crippen molar-refractivity contribution in [3.63, 3.8) is 0 Å². The van der Waals surface area contributed by atoms with E-state index in [1.54, 1.807) is 7.11 Å². The van der Waals surface area contributed by atoms with Crippen LogP contribution in [0.3, 0.4) is 0 Å². The molecule has 0 saturated carbocycles. The zero-order valence-corrected chi connectivity index (χ0v) is 8.29. The number of H-pyrrole nitrogens is 1. The normalized spacial score (nSPS) is 10.8. The molecule has 74 valence electrons. The number of nitrogens with one attached hydrogen (secondary N) is 1. The van der Waals surface area contributed by atoms with Crippen LogP contribution in [0.15, 0.2) is 18.3 Å². The van der Waals surface area contributed by atoms with Crippen molar-refractivity contribution in [2.75, 3.05) is 7.11 Å². The highest BCUT2D eigenvalue weighted by Crippen LogP contribution is 2.27. The summed E-state index contributed by atoms with van der Waals surface area (Å²) < 4.78 is 5.23. The Bertz CT molecular complexity index is 460. The molecule has 0 spiro atoms. The number of aromatic amines is 1. The van der Waals surface area contributed by atoms with Crippen molar-refractivity contribution in [2.45, 2.75) is 13.5 Å². The van der Waals surface area contributed by atoms with Gasteiger partial charge in [-0.25, -0.2) is 0 Å². The first-order valence-electron chi connectivity index (χ1n) is 4.51. The van der Waals surface area contributed by atoms with Gasteiger partial charge in [-0.05, 0) is 24.6 Å². The quantitative estimate of drug-likeness (QED) is 0.762. The second-order valence-electron chi connectivity index (χ2n) is 3.34. The number of methoxy groups -OCH3 is 1. The van der Waals surface area contributed by atoms with Crippen LogP contribution in [0.2, 0.25) is 0 Å². The van der Waals surface area contributed by atoms with Gasteiger partial charge in [-0.3, -0.25) is 0 Å². The summed E-state index contributed by atoms with van der Waals surface area (Å²) in [5.74, 6) is 0.854. The average molecular weight is 191 g/mol. The Morgan fingerprint density at radius 2 is 2.21 bits per heavy atom. The molecule has 0 aliphatic carbocycles. The van der Waals surface area contributed by atoms with Gasteiger partial charge in [0.1, 0.15) is 5.75 Å². The number of aromatic nitrogens is 1. The molecule has 1 heterocycles. The summed E-state index contributed by atoms with van der Waals surface area (Å²) in [6.07, 6.45) is 1.82. The first kappa shape index (κ1) is 9.09. The Hall–Kier alpha value is -1.48. The topological polar surface area (TPSA) is 45.2 Å².